The summed E-state index contributed by atoms with van der Waals surface area (Å²) in [5, 5.41) is 1.23. The molecule has 1 aliphatic heterocycles. The van der Waals surface area contributed by atoms with E-state index in [0.29, 0.717) is 38.2 Å². The van der Waals surface area contributed by atoms with Gasteiger partial charge in [0.2, 0.25) is 0 Å². The van der Waals surface area contributed by atoms with Crippen molar-refractivity contribution in [2.24, 2.45) is 14.1 Å². The lowest BCUT2D eigenvalue weighted by Gasteiger charge is -2.26. The van der Waals surface area contributed by atoms with Crippen LogP contribution in [-0.4, -0.2) is 50.2 Å². The van der Waals surface area contributed by atoms with Crippen LogP contribution in [0.1, 0.15) is 20.3 Å². The van der Waals surface area contributed by atoms with Crippen molar-refractivity contribution in [3.8, 4) is 5.75 Å². The van der Waals surface area contributed by atoms with E-state index in [2.05, 4.69) is 9.97 Å². The van der Waals surface area contributed by atoms with Gasteiger partial charge in [0.15, 0.2) is 10.3 Å². The lowest BCUT2D eigenvalue weighted by Crippen LogP contribution is -2.31. The fraction of sp³-hybridized carbons (Fsp3) is 0.333. The molecule has 3 heterocycles. The Morgan fingerprint density at radius 3 is 1.83 bits per heavy atom. The van der Waals surface area contributed by atoms with Crippen molar-refractivity contribution in [1.82, 2.24) is 19.1 Å². The summed E-state index contributed by atoms with van der Waals surface area (Å²) in [6, 6.07) is 6.96. The Kier molecular flexibility index (Phi) is 7.39. The van der Waals surface area contributed by atoms with Gasteiger partial charge in [0.05, 0.1) is 5.69 Å². The number of amides is 2. The van der Waals surface area contributed by atoms with E-state index in [0.717, 1.165) is 6.42 Å². The predicted octanol–water partition coefficient (Wildman–Crippen LogP) is 4.02. The molecule has 3 aromatic rings. The zero-order chi connectivity index (χ0) is 25.2. The molecule has 0 spiro atoms. The lowest BCUT2D eigenvalue weighted by atomic mass is 10.1. The Hall–Kier alpha value is -3.02. The summed E-state index contributed by atoms with van der Waals surface area (Å²) in [5.41, 5.74) is 0.0475. The van der Waals surface area contributed by atoms with Crippen molar-refractivity contribution >= 4 is 41.0 Å². The number of imide groups is 1. The van der Waals surface area contributed by atoms with Crippen LogP contribution in [0.5, 0.6) is 5.75 Å². The minimum atomic E-state index is -0.421. The molecule has 0 aliphatic carbocycles. The molecule has 0 radical (unpaired) electrons. The number of nitrogens with zero attached hydrogens (tertiary/aromatic N) is 5. The first-order valence-corrected chi connectivity index (χ1v) is 12.5. The summed E-state index contributed by atoms with van der Waals surface area (Å²) >= 11 is 2.35. The number of carbonyl (C=O) groups excluding carboxylic acids is 2. The number of rotatable bonds is 10. The fourth-order valence-corrected chi connectivity index (χ4v) is 5.34. The van der Waals surface area contributed by atoms with Crippen LogP contribution in [0.3, 0.4) is 0 Å². The van der Waals surface area contributed by atoms with Gasteiger partial charge in [-0.1, -0.05) is 0 Å². The maximum Gasteiger partial charge on any atom is 0.273 e. The van der Waals surface area contributed by atoms with Gasteiger partial charge in [-0.25, -0.2) is 14.9 Å². The van der Waals surface area contributed by atoms with Gasteiger partial charge in [-0.15, -0.1) is 0 Å². The van der Waals surface area contributed by atoms with E-state index in [1.54, 1.807) is 65.3 Å². The van der Waals surface area contributed by atoms with Crippen LogP contribution >= 0.6 is 23.5 Å². The zero-order valence-electron chi connectivity index (χ0n) is 20.2. The van der Waals surface area contributed by atoms with Crippen molar-refractivity contribution in [3.63, 3.8) is 0 Å². The SMILES string of the molecule is COCCC(C)(C)Oc1ccc(N2C(=O)C(Sc3nccn3C)=C(Sc3nccn3C)C2=O)cc1. The molecule has 2 aromatic heterocycles. The number of carbonyl (C=O) groups is 2. The molecule has 0 saturated carbocycles. The van der Waals surface area contributed by atoms with Crippen molar-refractivity contribution < 1.29 is 19.1 Å². The van der Waals surface area contributed by atoms with E-state index in [1.807, 2.05) is 27.9 Å². The topological polar surface area (TPSA) is 91.5 Å². The van der Waals surface area contributed by atoms with Crippen LogP contribution in [0.15, 0.2) is 69.2 Å². The third-order valence-corrected chi connectivity index (χ3v) is 7.79. The van der Waals surface area contributed by atoms with Crippen molar-refractivity contribution in [2.75, 3.05) is 18.6 Å². The Morgan fingerprint density at radius 1 is 0.886 bits per heavy atom. The maximum absolute atomic E-state index is 13.5. The second-order valence-electron chi connectivity index (χ2n) is 8.55. The number of thioether (sulfide) groups is 2. The van der Waals surface area contributed by atoms with E-state index in [1.165, 1.54) is 28.4 Å². The molecule has 9 nitrogen and oxygen atoms in total. The molecule has 1 aliphatic rings. The molecule has 0 atom stereocenters. The van der Waals surface area contributed by atoms with Crippen molar-refractivity contribution in [3.05, 3.63) is 58.9 Å². The van der Waals surface area contributed by atoms with Gasteiger partial charge in [0.25, 0.3) is 11.8 Å². The minimum absolute atomic E-state index is 0.318. The zero-order valence-corrected chi connectivity index (χ0v) is 21.9. The van der Waals surface area contributed by atoms with Gasteiger partial charge < -0.3 is 18.6 Å². The van der Waals surface area contributed by atoms with Gasteiger partial charge >= 0.3 is 0 Å². The molecule has 4 rings (SSSR count). The first kappa shape index (κ1) is 25.1. The molecule has 35 heavy (non-hydrogen) atoms. The van der Waals surface area contributed by atoms with E-state index in [9.17, 15) is 9.59 Å². The standard InChI is InChI=1S/C24H27N5O4S2/c1-24(2,10-15-32-5)33-17-8-6-16(7-9-17)29-20(30)18(34-22-25-11-13-27(22)3)19(21(29)31)35-23-26-12-14-28(23)4/h6-9,11-14H,10,15H2,1-5H3. The summed E-state index contributed by atoms with van der Waals surface area (Å²) in [6.07, 6.45) is 7.61. The number of anilines is 1. The van der Waals surface area contributed by atoms with Crippen molar-refractivity contribution in [1.29, 1.82) is 0 Å². The number of ether oxygens (including phenoxy) is 2. The molecule has 0 bridgehead atoms. The highest BCUT2D eigenvalue weighted by atomic mass is 32.2. The van der Waals surface area contributed by atoms with Gasteiger partial charge in [-0.3, -0.25) is 9.59 Å². The Morgan fingerprint density at radius 2 is 1.40 bits per heavy atom. The first-order valence-electron chi connectivity index (χ1n) is 10.9. The lowest BCUT2D eigenvalue weighted by molar-refractivity contribution is -0.120. The number of benzene rings is 1. The van der Waals surface area contributed by atoms with Gasteiger partial charge in [0, 0.05) is 59.0 Å². The van der Waals surface area contributed by atoms with Gasteiger partial charge in [0.1, 0.15) is 21.2 Å². The van der Waals surface area contributed by atoms with Crippen molar-refractivity contribution in [2.45, 2.75) is 36.2 Å². The smallest absolute Gasteiger partial charge is 0.273 e. The summed E-state index contributed by atoms with van der Waals surface area (Å²) < 4.78 is 14.8. The normalized spacial score (nSPS) is 14.4. The van der Waals surface area contributed by atoms with Crippen LogP contribution in [-0.2, 0) is 28.4 Å². The molecule has 0 fully saturated rings. The minimum Gasteiger partial charge on any atom is -0.488 e. The van der Waals surface area contributed by atoms with Crippen LogP contribution in [0.4, 0.5) is 5.69 Å². The maximum atomic E-state index is 13.5. The number of hydrogen-bond acceptors (Lipinski definition) is 8. The second kappa shape index (κ2) is 10.3. The summed E-state index contributed by atoms with van der Waals surface area (Å²) in [6.45, 7) is 4.56. The first-order chi connectivity index (χ1) is 16.7. The van der Waals surface area contributed by atoms with Crippen LogP contribution in [0.25, 0.3) is 0 Å². The second-order valence-corrected chi connectivity index (χ2v) is 10.5. The molecular formula is C24H27N5O4S2. The molecule has 11 heteroatoms. The molecule has 2 amide bonds. The Labute approximate surface area is 212 Å². The van der Waals surface area contributed by atoms with E-state index in [-0.39, 0.29) is 0 Å². The number of aromatic nitrogens is 4. The molecule has 1 aromatic carbocycles. The highest BCUT2D eigenvalue weighted by molar-refractivity contribution is 8.08. The number of hydrogen-bond donors (Lipinski definition) is 0. The molecule has 0 saturated heterocycles. The van der Waals surface area contributed by atoms with Crippen LogP contribution in [0, 0.1) is 0 Å². The van der Waals surface area contributed by atoms with E-state index < -0.39 is 17.4 Å². The van der Waals surface area contributed by atoms with Crippen LogP contribution in [0.2, 0.25) is 0 Å². The highest BCUT2D eigenvalue weighted by Crippen LogP contribution is 2.43. The van der Waals surface area contributed by atoms with E-state index in [4.69, 9.17) is 9.47 Å². The van der Waals surface area contributed by atoms with Crippen LogP contribution < -0.4 is 9.64 Å². The largest absolute Gasteiger partial charge is 0.488 e. The predicted molar refractivity (Wildman–Crippen MR) is 135 cm³/mol. The molecule has 0 N–H and O–H groups in total. The third-order valence-electron chi connectivity index (χ3n) is 5.34. The monoisotopic (exact) mass is 513 g/mol. The van der Waals surface area contributed by atoms with Gasteiger partial charge in [-0.2, -0.15) is 0 Å². The number of aryl methyl sites for hydroxylation is 2. The van der Waals surface area contributed by atoms with Gasteiger partial charge in [-0.05, 0) is 61.6 Å². The average molecular weight is 514 g/mol. The Balaban J connectivity index is 1.61. The average Bonchev–Trinajstić information content (AvgIpc) is 3.48. The molecule has 0 unspecified atom stereocenters. The number of imidazole rings is 2. The summed E-state index contributed by atoms with van der Waals surface area (Å²) in [5.74, 6) is -0.144. The Bertz CT molecular complexity index is 1200. The molecular weight excluding hydrogens is 486 g/mol. The summed E-state index contributed by atoms with van der Waals surface area (Å²) in [7, 11) is 5.34. The van der Waals surface area contributed by atoms with E-state index >= 15 is 0 Å². The highest BCUT2D eigenvalue weighted by Gasteiger charge is 2.41. The quantitative estimate of drug-likeness (QED) is 0.376. The fourth-order valence-electron chi connectivity index (χ4n) is 3.37. The third kappa shape index (κ3) is 5.47. The summed E-state index contributed by atoms with van der Waals surface area (Å²) in [4.78, 5) is 37.5. The number of methoxy groups -OCH3 is 1. The molecule has 184 valence electrons.